The maximum Gasteiger partial charge on any atom is 0.259 e. The molecule has 3 N–H and O–H groups in total. The Bertz CT molecular complexity index is 1460. The number of aliphatic hydroxyl groups excluding tert-OH is 1. The first-order chi connectivity index (χ1) is 17.0. The summed E-state index contributed by atoms with van der Waals surface area (Å²) in [6.07, 6.45) is 1.41. The number of fused-ring (bicyclic) bond motifs is 5. The molecule has 0 spiro atoms. The molecule has 1 aromatic heterocycles. The fourth-order valence-electron chi connectivity index (χ4n) is 4.81. The average molecular weight is 492 g/mol. The molecule has 0 fully saturated rings. The van der Waals surface area contributed by atoms with Gasteiger partial charge in [0, 0.05) is 40.6 Å². The van der Waals surface area contributed by atoms with Gasteiger partial charge in [-0.15, -0.1) is 0 Å². The molecule has 4 aromatic rings. The van der Waals surface area contributed by atoms with Crippen molar-refractivity contribution in [2.24, 2.45) is 0 Å². The second kappa shape index (κ2) is 9.70. The van der Waals surface area contributed by atoms with E-state index < -0.39 is 11.8 Å². The van der Waals surface area contributed by atoms with Gasteiger partial charge in [-0.1, -0.05) is 29.8 Å². The lowest BCUT2D eigenvalue weighted by atomic mass is 9.93. The largest absolute Gasteiger partial charge is 0.493 e. The van der Waals surface area contributed by atoms with Gasteiger partial charge >= 0.3 is 0 Å². The van der Waals surface area contributed by atoms with Gasteiger partial charge in [-0.2, -0.15) is 0 Å². The summed E-state index contributed by atoms with van der Waals surface area (Å²) in [7, 11) is 1.90. The minimum absolute atomic E-state index is 0.0304. The fourth-order valence-corrected chi connectivity index (χ4v) is 5.05. The Morgan fingerprint density at radius 3 is 2.57 bits per heavy atom. The summed E-state index contributed by atoms with van der Waals surface area (Å²) in [4.78, 5) is 26.0. The fraction of sp³-hybridized carbons (Fsp3) is 0.259. The van der Waals surface area contributed by atoms with Gasteiger partial charge in [-0.05, 0) is 56.3 Å². The zero-order chi connectivity index (χ0) is 24.5. The lowest BCUT2D eigenvalue weighted by Gasteiger charge is -2.12. The predicted molar refractivity (Wildman–Crippen MR) is 137 cm³/mol. The summed E-state index contributed by atoms with van der Waals surface area (Å²) < 4.78 is 8.04. The van der Waals surface area contributed by atoms with Crippen molar-refractivity contribution < 1.29 is 19.4 Å². The number of ether oxygens (including phenoxy) is 1. The molecule has 2 amide bonds. The van der Waals surface area contributed by atoms with Gasteiger partial charge in [0.1, 0.15) is 5.75 Å². The van der Waals surface area contributed by atoms with Crippen molar-refractivity contribution in [3.05, 3.63) is 64.7 Å². The number of halogens is 1. The smallest absolute Gasteiger partial charge is 0.259 e. The Kier molecular flexibility index (Phi) is 6.47. The van der Waals surface area contributed by atoms with E-state index in [1.54, 1.807) is 6.07 Å². The number of carbonyl (C=O) groups is 2. The van der Waals surface area contributed by atoms with Crippen molar-refractivity contribution in [3.63, 3.8) is 0 Å². The van der Waals surface area contributed by atoms with Crippen LogP contribution in [0, 0.1) is 0 Å². The Morgan fingerprint density at radius 2 is 1.80 bits per heavy atom. The Hall–Kier alpha value is -3.39. The third-order valence-electron chi connectivity index (χ3n) is 6.35. The third-order valence-corrected chi connectivity index (χ3v) is 6.68. The second-order valence-electron chi connectivity index (χ2n) is 8.54. The van der Waals surface area contributed by atoms with Gasteiger partial charge < -0.3 is 19.7 Å². The monoisotopic (exact) mass is 491 g/mol. The molecule has 0 atom stereocenters. The number of carbonyl (C=O) groups excluding carboxylic acids is 2. The maximum absolute atomic E-state index is 13.1. The van der Waals surface area contributed by atoms with Crippen molar-refractivity contribution in [1.29, 1.82) is 0 Å². The molecule has 0 aliphatic carbocycles. The van der Waals surface area contributed by atoms with Gasteiger partial charge in [0.2, 0.25) is 0 Å². The molecule has 1 aliphatic heterocycles. The van der Waals surface area contributed by atoms with E-state index in [2.05, 4.69) is 15.2 Å². The summed E-state index contributed by atoms with van der Waals surface area (Å²) >= 11 is 6.51. The number of benzene rings is 3. The minimum Gasteiger partial charge on any atom is -0.493 e. The molecule has 0 unspecified atom stereocenters. The Balaban J connectivity index is 1.79. The van der Waals surface area contributed by atoms with E-state index in [1.807, 2.05) is 49.5 Å². The zero-order valence-electron chi connectivity index (χ0n) is 19.4. The van der Waals surface area contributed by atoms with Crippen LogP contribution in [-0.4, -0.2) is 48.3 Å². The van der Waals surface area contributed by atoms with Crippen molar-refractivity contribution in [2.75, 3.05) is 26.8 Å². The van der Waals surface area contributed by atoms with Crippen molar-refractivity contribution in [3.8, 4) is 16.9 Å². The van der Waals surface area contributed by atoms with Crippen LogP contribution in [0.4, 0.5) is 0 Å². The standard InChI is InChI=1S/C27H26ClN3O4/c1-29-10-4-13-35-16-8-9-18-21(14-16)31(11-5-12-32)22-15-19(17-6-2-3-7-20(17)28)24-25(23(18)22)27(34)30-26(24)33/h2-3,6-9,14-15,29,32H,4-5,10-13H2,1H3,(H,30,33,34). The van der Waals surface area contributed by atoms with Gasteiger partial charge in [0.25, 0.3) is 11.8 Å². The number of nitrogens with zero attached hydrogens (tertiary/aromatic N) is 1. The number of aromatic nitrogens is 1. The van der Waals surface area contributed by atoms with E-state index in [1.165, 1.54) is 0 Å². The average Bonchev–Trinajstić information content (AvgIpc) is 3.33. The molecule has 8 heteroatoms. The van der Waals surface area contributed by atoms with E-state index in [0.29, 0.717) is 52.2 Å². The van der Waals surface area contributed by atoms with E-state index >= 15 is 0 Å². The molecule has 3 aromatic carbocycles. The van der Waals surface area contributed by atoms with Crippen LogP contribution in [-0.2, 0) is 6.54 Å². The summed E-state index contributed by atoms with van der Waals surface area (Å²) in [6.45, 7) is 2.00. The first kappa shape index (κ1) is 23.4. The first-order valence-corrected chi connectivity index (χ1v) is 12.0. The molecule has 0 saturated carbocycles. The van der Waals surface area contributed by atoms with E-state index in [-0.39, 0.29) is 6.61 Å². The number of hydrogen-bond donors (Lipinski definition) is 3. The van der Waals surface area contributed by atoms with Crippen LogP contribution in [0.2, 0.25) is 5.02 Å². The number of amides is 2. The highest BCUT2D eigenvalue weighted by atomic mass is 35.5. The summed E-state index contributed by atoms with van der Waals surface area (Å²) in [5, 5.41) is 17.2. The molecule has 5 rings (SSSR count). The van der Waals surface area contributed by atoms with Crippen molar-refractivity contribution in [1.82, 2.24) is 15.2 Å². The maximum atomic E-state index is 13.1. The molecule has 0 bridgehead atoms. The van der Waals surface area contributed by atoms with Crippen LogP contribution in [0.25, 0.3) is 32.9 Å². The molecule has 0 radical (unpaired) electrons. The van der Waals surface area contributed by atoms with Crippen LogP contribution in [0.1, 0.15) is 33.6 Å². The highest BCUT2D eigenvalue weighted by Gasteiger charge is 2.34. The quantitative estimate of drug-likeness (QED) is 0.239. The third kappa shape index (κ3) is 4.05. The molecule has 0 saturated heterocycles. The van der Waals surface area contributed by atoms with Crippen LogP contribution in [0.5, 0.6) is 5.75 Å². The number of nitrogens with one attached hydrogen (secondary N) is 2. The van der Waals surface area contributed by atoms with Gasteiger partial charge in [-0.3, -0.25) is 14.9 Å². The first-order valence-electron chi connectivity index (χ1n) is 11.7. The number of aryl methyl sites for hydroxylation is 1. The molecule has 35 heavy (non-hydrogen) atoms. The highest BCUT2D eigenvalue weighted by Crippen LogP contribution is 2.42. The molecule has 180 valence electrons. The molecule has 7 nitrogen and oxygen atoms in total. The SMILES string of the molecule is CNCCCOc1ccc2c3c4c(c(-c5ccccc5Cl)cc3n(CCCO)c2c1)C(=O)NC4=O. The molecule has 1 aliphatic rings. The van der Waals surface area contributed by atoms with Crippen molar-refractivity contribution in [2.45, 2.75) is 19.4 Å². The lowest BCUT2D eigenvalue weighted by Crippen LogP contribution is -2.20. The van der Waals surface area contributed by atoms with Gasteiger partial charge in [-0.25, -0.2) is 0 Å². The molecule has 2 heterocycles. The predicted octanol–water partition coefficient (Wildman–Crippen LogP) is 4.37. The van der Waals surface area contributed by atoms with Gasteiger partial charge in [0.05, 0.1) is 28.8 Å². The topological polar surface area (TPSA) is 92.6 Å². The molecular formula is C27H26ClN3O4. The number of hydrogen-bond acceptors (Lipinski definition) is 5. The van der Waals surface area contributed by atoms with E-state index in [0.717, 1.165) is 35.1 Å². The second-order valence-corrected chi connectivity index (χ2v) is 8.95. The number of aliphatic hydroxyl groups is 1. The Morgan fingerprint density at radius 1 is 1.00 bits per heavy atom. The summed E-state index contributed by atoms with van der Waals surface area (Å²) in [5.41, 5.74) is 3.68. The summed E-state index contributed by atoms with van der Waals surface area (Å²) in [6, 6.07) is 15.0. The van der Waals surface area contributed by atoms with Crippen LogP contribution in [0.3, 0.4) is 0 Å². The summed E-state index contributed by atoms with van der Waals surface area (Å²) in [5.74, 6) is -0.120. The lowest BCUT2D eigenvalue weighted by molar-refractivity contribution is 0.0880. The number of rotatable bonds is 9. The van der Waals surface area contributed by atoms with E-state index in [9.17, 15) is 14.7 Å². The minimum atomic E-state index is -0.428. The zero-order valence-corrected chi connectivity index (χ0v) is 20.1. The van der Waals surface area contributed by atoms with Crippen LogP contribution >= 0.6 is 11.6 Å². The normalized spacial score (nSPS) is 13.0. The van der Waals surface area contributed by atoms with Gasteiger partial charge in [0.15, 0.2) is 0 Å². The van der Waals surface area contributed by atoms with E-state index in [4.69, 9.17) is 16.3 Å². The van der Waals surface area contributed by atoms with Crippen molar-refractivity contribution >= 4 is 45.2 Å². The highest BCUT2D eigenvalue weighted by molar-refractivity contribution is 6.36. The van der Waals surface area contributed by atoms with Crippen LogP contribution < -0.4 is 15.4 Å². The number of imide groups is 1. The molecular weight excluding hydrogens is 466 g/mol. The van der Waals surface area contributed by atoms with Crippen LogP contribution in [0.15, 0.2) is 48.5 Å². The Labute approximate surface area is 207 Å².